The topological polar surface area (TPSA) is 45.0 Å². The molecule has 0 radical (unpaired) electrons. The number of carbonyl (C=O) groups excluding carboxylic acids is 1. The number of carbonyl (C=O) groups is 1. The van der Waals surface area contributed by atoms with Gasteiger partial charge < -0.3 is 4.90 Å². The molecule has 22 heavy (non-hydrogen) atoms. The maximum atomic E-state index is 12.4. The quantitative estimate of drug-likeness (QED) is 0.632. The summed E-state index contributed by atoms with van der Waals surface area (Å²) in [5.74, 6) is -0.0928. The molecule has 0 spiro atoms. The van der Waals surface area contributed by atoms with Crippen molar-refractivity contribution in [3.8, 4) is 0 Å². The van der Waals surface area contributed by atoms with E-state index in [1.54, 1.807) is 11.1 Å². The van der Waals surface area contributed by atoms with Crippen LogP contribution < -0.4 is 4.90 Å². The van der Waals surface area contributed by atoms with Gasteiger partial charge in [-0.3, -0.25) is 4.79 Å². The Hall–Kier alpha value is -2.75. The van der Waals surface area contributed by atoms with Crippen LogP contribution in [0.1, 0.15) is 23.6 Å². The number of anilines is 1. The van der Waals surface area contributed by atoms with Crippen LogP contribution in [0, 0.1) is 6.92 Å². The van der Waals surface area contributed by atoms with Crippen LogP contribution in [0.5, 0.6) is 0 Å². The van der Waals surface area contributed by atoms with Crippen LogP contribution in [0.4, 0.5) is 5.69 Å². The van der Waals surface area contributed by atoms with Gasteiger partial charge in [0, 0.05) is 12.1 Å². The van der Waals surface area contributed by atoms with E-state index in [1.807, 2.05) is 62.4 Å². The minimum absolute atomic E-state index is 0.0928. The van der Waals surface area contributed by atoms with Crippen molar-refractivity contribution in [2.45, 2.75) is 13.8 Å². The van der Waals surface area contributed by atoms with Crippen LogP contribution in [-0.4, -0.2) is 24.4 Å². The highest BCUT2D eigenvalue weighted by molar-refractivity contribution is 6.54. The molecule has 4 heteroatoms. The van der Waals surface area contributed by atoms with Gasteiger partial charge in [0.05, 0.1) is 11.9 Å². The summed E-state index contributed by atoms with van der Waals surface area (Å²) >= 11 is 0. The number of benzene rings is 2. The molecule has 0 unspecified atom stereocenters. The van der Waals surface area contributed by atoms with Gasteiger partial charge in [0.2, 0.25) is 0 Å². The molecule has 0 saturated heterocycles. The lowest BCUT2D eigenvalue weighted by Gasteiger charge is -2.12. The number of aryl methyl sites for hydroxylation is 1. The molecule has 2 aromatic rings. The zero-order valence-corrected chi connectivity index (χ0v) is 12.7. The molecule has 3 rings (SSSR count). The zero-order chi connectivity index (χ0) is 15.5. The summed E-state index contributed by atoms with van der Waals surface area (Å²) < 4.78 is 0. The zero-order valence-electron chi connectivity index (χ0n) is 12.7. The van der Waals surface area contributed by atoms with E-state index in [0.29, 0.717) is 12.3 Å². The van der Waals surface area contributed by atoms with Crippen molar-refractivity contribution in [1.29, 1.82) is 0 Å². The molecule has 110 valence electrons. The lowest BCUT2D eigenvalue weighted by Crippen LogP contribution is -2.29. The van der Waals surface area contributed by atoms with E-state index in [-0.39, 0.29) is 5.91 Å². The fraction of sp³-hybridized carbons (Fsp3) is 0.167. The average Bonchev–Trinajstić information content (AvgIpc) is 2.81. The first-order valence-electron chi connectivity index (χ1n) is 7.29. The van der Waals surface area contributed by atoms with Crippen molar-refractivity contribution >= 4 is 23.5 Å². The standard InChI is InChI=1S/C18H17N3O/c1-3-21-16-7-5-4-6-15(16)17(18(21)22)20-19-12-14-10-8-13(2)9-11-14/h4-12H,3H2,1-2H3/b19-12-,20-17+. The molecule has 0 bridgehead atoms. The van der Waals surface area contributed by atoms with E-state index in [0.717, 1.165) is 16.8 Å². The van der Waals surface area contributed by atoms with Crippen molar-refractivity contribution in [1.82, 2.24) is 0 Å². The largest absolute Gasteiger partial charge is 0.307 e. The third-order valence-corrected chi connectivity index (χ3v) is 3.66. The Morgan fingerprint density at radius 3 is 2.55 bits per heavy atom. The highest BCUT2D eigenvalue weighted by Crippen LogP contribution is 2.28. The molecule has 0 saturated carbocycles. The summed E-state index contributed by atoms with van der Waals surface area (Å²) in [5, 5.41) is 8.24. The molecule has 0 atom stereocenters. The lowest BCUT2D eigenvalue weighted by molar-refractivity contribution is -0.112. The SMILES string of the molecule is CCN1C(=O)/C(=N/N=C\c2ccc(C)cc2)c2ccccc21. The van der Waals surface area contributed by atoms with Crippen molar-refractivity contribution in [2.24, 2.45) is 10.2 Å². The Balaban J connectivity index is 1.91. The number of hydrogen-bond acceptors (Lipinski definition) is 3. The first-order chi connectivity index (χ1) is 10.7. The van der Waals surface area contributed by atoms with Crippen molar-refractivity contribution in [3.05, 3.63) is 65.2 Å². The van der Waals surface area contributed by atoms with E-state index in [2.05, 4.69) is 10.2 Å². The third-order valence-electron chi connectivity index (χ3n) is 3.66. The molecule has 1 aliphatic rings. The average molecular weight is 291 g/mol. The van der Waals surface area contributed by atoms with Crippen LogP contribution >= 0.6 is 0 Å². The van der Waals surface area contributed by atoms with Crippen molar-refractivity contribution in [3.63, 3.8) is 0 Å². The van der Waals surface area contributed by atoms with Crippen LogP contribution in [0.25, 0.3) is 0 Å². The van der Waals surface area contributed by atoms with E-state index < -0.39 is 0 Å². The van der Waals surface area contributed by atoms with Gasteiger partial charge in [0.25, 0.3) is 5.91 Å². The van der Waals surface area contributed by atoms with Crippen LogP contribution in [0.3, 0.4) is 0 Å². The van der Waals surface area contributed by atoms with Crippen LogP contribution in [-0.2, 0) is 4.79 Å². The normalized spacial score (nSPS) is 15.8. The number of para-hydroxylation sites is 1. The Bertz CT molecular complexity index is 760. The Labute approximate surface area is 129 Å². The maximum absolute atomic E-state index is 12.4. The summed E-state index contributed by atoms with van der Waals surface area (Å²) in [5.41, 5.74) is 4.30. The smallest absolute Gasteiger partial charge is 0.279 e. The van der Waals surface area contributed by atoms with E-state index in [4.69, 9.17) is 0 Å². The van der Waals surface area contributed by atoms with E-state index >= 15 is 0 Å². The first kappa shape index (κ1) is 14.2. The molecular weight excluding hydrogens is 274 g/mol. The summed E-state index contributed by atoms with van der Waals surface area (Å²) in [6, 6.07) is 15.7. The molecule has 1 heterocycles. The molecule has 0 N–H and O–H groups in total. The number of fused-ring (bicyclic) bond motifs is 1. The minimum atomic E-state index is -0.0928. The molecule has 1 amide bonds. The highest BCUT2D eigenvalue weighted by atomic mass is 16.2. The van der Waals surface area contributed by atoms with Gasteiger partial charge >= 0.3 is 0 Å². The fourth-order valence-corrected chi connectivity index (χ4v) is 2.48. The molecule has 4 nitrogen and oxygen atoms in total. The van der Waals surface area contributed by atoms with Crippen molar-refractivity contribution in [2.75, 3.05) is 11.4 Å². The van der Waals surface area contributed by atoms with Gasteiger partial charge in [0.15, 0.2) is 5.71 Å². The van der Waals surface area contributed by atoms with Crippen LogP contribution in [0.2, 0.25) is 0 Å². The van der Waals surface area contributed by atoms with Gasteiger partial charge in [-0.15, -0.1) is 5.10 Å². The molecule has 0 aliphatic carbocycles. The van der Waals surface area contributed by atoms with Crippen molar-refractivity contribution < 1.29 is 4.79 Å². The first-order valence-corrected chi connectivity index (χ1v) is 7.29. The summed E-state index contributed by atoms with van der Waals surface area (Å²) in [4.78, 5) is 14.1. The van der Waals surface area contributed by atoms with Gasteiger partial charge in [-0.25, -0.2) is 0 Å². The Morgan fingerprint density at radius 1 is 1.09 bits per heavy atom. The van der Waals surface area contributed by atoms with Crippen LogP contribution in [0.15, 0.2) is 58.7 Å². The van der Waals surface area contributed by atoms with Gasteiger partial charge in [-0.2, -0.15) is 5.10 Å². The number of amides is 1. The number of hydrogen-bond donors (Lipinski definition) is 0. The second-order valence-corrected chi connectivity index (χ2v) is 5.17. The predicted octanol–water partition coefficient (Wildman–Crippen LogP) is 3.18. The number of nitrogens with zero attached hydrogens (tertiary/aromatic N) is 3. The Kier molecular flexibility index (Phi) is 3.83. The Morgan fingerprint density at radius 2 is 1.82 bits per heavy atom. The second-order valence-electron chi connectivity index (χ2n) is 5.17. The molecule has 1 aliphatic heterocycles. The molecule has 0 aromatic heterocycles. The predicted molar refractivity (Wildman–Crippen MR) is 89.8 cm³/mol. The van der Waals surface area contributed by atoms with E-state index in [9.17, 15) is 4.79 Å². The van der Waals surface area contributed by atoms with E-state index in [1.165, 1.54) is 5.56 Å². The fourth-order valence-electron chi connectivity index (χ4n) is 2.48. The summed E-state index contributed by atoms with van der Waals surface area (Å²) in [6.07, 6.45) is 1.66. The summed E-state index contributed by atoms with van der Waals surface area (Å²) in [7, 11) is 0. The van der Waals surface area contributed by atoms with Gasteiger partial charge in [0.1, 0.15) is 0 Å². The third kappa shape index (κ3) is 2.55. The molecular formula is C18H17N3O. The lowest BCUT2D eigenvalue weighted by atomic mass is 10.1. The monoisotopic (exact) mass is 291 g/mol. The summed E-state index contributed by atoms with van der Waals surface area (Å²) in [6.45, 7) is 4.61. The molecule has 2 aromatic carbocycles. The van der Waals surface area contributed by atoms with Gasteiger partial charge in [-0.1, -0.05) is 48.0 Å². The minimum Gasteiger partial charge on any atom is -0.307 e. The van der Waals surface area contributed by atoms with Gasteiger partial charge in [-0.05, 0) is 25.5 Å². The number of likely N-dealkylation sites (N-methyl/N-ethyl adjacent to an activating group) is 1. The maximum Gasteiger partial charge on any atom is 0.279 e. The molecule has 0 fully saturated rings. The number of rotatable bonds is 3. The highest BCUT2D eigenvalue weighted by Gasteiger charge is 2.32. The second kappa shape index (κ2) is 5.93.